The van der Waals surface area contributed by atoms with Crippen molar-refractivity contribution in [2.75, 3.05) is 20.7 Å². The van der Waals surface area contributed by atoms with E-state index in [1.807, 2.05) is 19.9 Å². The van der Waals surface area contributed by atoms with Crippen molar-refractivity contribution < 1.29 is 14.9 Å². The van der Waals surface area contributed by atoms with Crippen molar-refractivity contribution in [2.45, 2.75) is 20.0 Å². The minimum absolute atomic E-state index is 0.0303. The lowest BCUT2D eigenvalue weighted by Crippen LogP contribution is -2.17. The Labute approximate surface area is 95.9 Å². The first kappa shape index (κ1) is 12.8. The fourth-order valence-electron chi connectivity index (χ4n) is 1.94. The summed E-state index contributed by atoms with van der Waals surface area (Å²) >= 11 is 0. The van der Waals surface area contributed by atoms with Crippen LogP contribution in [0.1, 0.15) is 22.8 Å². The van der Waals surface area contributed by atoms with Crippen LogP contribution in [-0.4, -0.2) is 30.9 Å². The second kappa shape index (κ2) is 5.18. The number of aryl methyl sites for hydroxylation is 2. The molecule has 0 spiro atoms. The highest BCUT2D eigenvalue weighted by Gasteiger charge is 2.19. The molecule has 1 unspecified atom stereocenters. The molecular formula is C12H19NO3. The van der Waals surface area contributed by atoms with Crippen LogP contribution in [0.25, 0.3) is 0 Å². The molecule has 4 nitrogen and oxygen atoms in total. The molecule has 0 aliphatic rings. The van der Waals surface area contributed by atoms with E-state index in [0.29, 0.717) is 17.9 Å². The maximum Gasteiger partial charge on any atom is 0.164 e. The number of rotatable bonds is 4. The van der Waals surface area contributed by atoms with Gasteiger partial charge in [-0.15, -0.1) is 0 Å². The molecule has 1 aromatic rings. The van der Waals surface area contributed by atoms with Gasteiger partial charge in [-0.25, -0.2) is 0 Å². The first-order chi connectivity index (χ1) is 7.52. The molecule has 0 aliphatic carbocycles. The molecular weight excluding hydrogens is 206 g/mol. The Hall–Kier alpha value is -1.26. The smallest absolute Gasteiger partial charge is 0.164 e. The molecule has 0 fully saturated rings. The summed E-state index contributed by atoms with van der Waals surface area (Å²) in [5.74, 6) is 0.457. The van der Waals surface area contributed by atoms with E-state index in [-0.39, 0.29) is 5.75 Å². The summed E-state index contributed by atoms with van der Waals surface area (Å²) in [6.07, 6.45) is -0.737. The van der Waals surface area contributed by atoms with Crippen LogP contribution in [0.15, 0.2) is 6.07 Å². The fraction of sp³-hybridized carbons (Fsp3) is 0.500. The van der Waals surface area contributed by atoms with Crippen molar-refractivity contribution in [3.8, 4) is 11.5 Å². The predicted octanol–water partition coefficient (Wildman–Crippen LogP) is 1.27. The van der Waals surface area contributed by atoms with Gasteiger partial charge < -0.3 is 20.3 Å². The Balaban J connectivity index is 3.27. The van der Waals surface area contributed by atoms with E-state index in [9.17, 15) is 10.2 Å². The van der Waals surface area contributed by atoms with Gasteiger partial charge in [0.2, 0.25) is 0 Å². The number of benzene rings is 1. The van der Waals surface area contributed by atoms with Crippen molar-refractivity contribution in [2.24, 2.45) is 0 Å². The molecule has 0 aliphatic heterocycles. The van der Waals surface area contributed by atoms with Gasteiger partial charge in [-0.2, -0.15) is 0 Å². The van der Waals surface area contributed by atoms with Crippen molar-refractivity contribution in [1.29, 1.82) is 0 Å². The summed E-state index contributed by atoms with van der Waals surface area (Å²) in [7, 11) is 3.26. The van der Waals surface area contributed by atoms with Crippen molar-refractivity contribution in [3.63, 3.8) is 0 Å². The minimum atomic E-state index is -0.737. The Bertz CT molecular complexity index is 377. The average Bonchev–Trinajstić information content (AvgIpc) is 2.17. The van der Waals surface area contributed by atoms with Crippen LogP contribution >= 0.6 is 0 Å². The first-order valence-electron chi connectivity index (χ1n) is 5.22. The SMILES string of the molecule is CNCC(O)c1c(C)cc(C)c(OC)c1O. The number of likely N-dealkylation sites (N-methyl/N-ethyl adjacent to an activating group) is 1. The van der Waals surface area contributed by atoms with E-state index < -0.39 is 6.10 Å². The Morgan fingerprint density at radius 2 is 2.00 bits per heavy atom. The zero-order valence-electron chi connectivity index (χ0n) is 10.2. The van der Waals surface area contributed by atoms with Gasteiger partial charge in [-0.1, -0.05) is 6.07 Å². The number of aromatic hydroxyl groups is 1. The number of hydrogen-bond donors (Lipinski definition) is 3. The first-order valence-corrected chi connectivity index (χ1v) is 5.22. The molecule has 0 amide bonds. The van der Waals surface area contributed by atoms with Crippen molar-refractivity contribution in [3.05, 3.63) is 22.8 Å². The number of nitrogens with one attached hydrogen (secondary N) is 1. The second-order valence-electron chi connectivity index (χ2n) is 3.88. The van der Waals surface area contributed by atoms with E-state index in [4.69, 9.17) is 4.74 Å². The Morgan fingerprint density at radius 3 is 2.50 bits per heavy atom. The van der Waals surface area contributed by atoms with Crippen LogP contribution in [0.5, 0.6) is 11.5 Å². The summed E-state index contributed by atoms with van der Waals surface area (Å²) < 4.78 is 5.12. The van der Waals surface area contributed by atoms with Gasteiger partial charge >= 0.3 is 0 Å². The predicted molar refractivity (Wildman–Crippen MR) is 63.0 cm³/mol. The van der Waals surface area contributed by atoms with E-state index in [2.05, 4.69) is 5.32 Å². The highest BCUT2D eigenvalue weighted by atomic mass is 16.5. The molecule has 3 N–H and O–H groups in total. The third-order valence-corrected chi connectivity index (χ3v) is 2.62. The lowest BCUT2D eigenvalue weighted by molar-refractivity contribution is 0.172. The van der Waals surface area contributed by atoms with Crippen LogP contribution in [0, 0.1) is 13.8 Å². The third kappa shape index (κ3) is 2.28. The molecule has 0 saturated heterocycles. The Morgan fingerprint density at radius 1 is 1.38 bits per heavy atom. The molecule has 0 bridgehead atoms. The van der Waals surface area contributed by atoms with Crippen LogP contribution in [0.3, 0.4) is 0 Å². The van der Waals surface area contributed by atoms with Crippen LogP contribution < -0.4 is 10.1 Å². The quantitative estimate of drug-likeness (QED) is 0.722. The second-order valence-corrected chi connectivity index (χ2v) is 3.88. The van der Waals surface area contributed by atoms with Gasteiger partial charge in [0.25, 0.3) is 0 Å². The summed E-state index contributed by atoms with van der Waals surface area (Å²) in [5.41, 5.74) is 2.24. The van der Waals surface area contributed by atoms with Gasteiger partial charge in [-0.05, 0) is 32.0 Å². The minimum Gasteiger partial charge on any atom is -0.504 e. The van der Waals surface area contributed by atoms with Gasteiger partial charge in [0.15, 0.2) is 11.5 Å². The van der Waals surface area contributed by atoms with Crippen LogP contribution in [-0.2, 0) is 0 Å². The molecule has 90 valence electrons. The molecule has 1 aromatic carbocycles. The zero-order chi connectivity index (χ0) is 12.3. The molecule has 1 atom stereocenters. The monoisotopic (exact) mass is 225 g/mol. The maximum atomic E-state index is 10.0. The Kier molecular flexibility index (Phi) is 4.15. The van der Waals surface area contributed by atoms with E-state index in [1.54, 1.807) is 7.05 Å². The van der Waals surface area contributed by atoms with E-state index in [1.165, 1.54) is 7.11 Å². The number of phenols is 1. The number of aliphatic hydroxyl groups is 1. The average molecular weight is 225 g/mol. The van der Waals surface area contributed by atoms with Crippen molar-refractivity contribution in [1.82, 2.24) is 5.32 Å². The topological polar surface area (TPSA) is 61.7 Å². The molecule has 1 rings (SSSR count). The molecule has 0 radical (unpaired) electrons. The summed E-state index contributed by atoms with van der Waals surface area (Å²) in [6, 6.07) is 1.90. The van der Waals surface area contributed by atoms with E-state index >= 15 is 0 Å². The summed E-state index contributed by atoms with van der Waals surface area (Å²) in [6.45, 7) is 4.11. The normalized spacial score (nSPS) is 12.6. The fourth-order valence-corrected chi connectivity index (χ4v) is 1.94. The zero-order valence-corrected chi connectivity index (χ0v) is 10.2. The standard InChI is InChI=1S/C12H19NO3/c1-7-5-8(2)12(16-4)11(15)10(7)9(14)6-13-3/h5,9,13-15H,6H2,1-4H3. The molecule has 4 heteroatoms. The third-order valence-electron chi connectivity index (χ3n) is 2.62. The largest absolute Gasteiger partial charge is 0.504 e. The van der Waals surface area contributed by atoms with Crippen molar-refractivity contribution >= 4 is 0 Å². The van der Waals surface area contributed by atoms with Crippen LogP contribution in [0.2, 0.25) is 0 Å². The molecule has 0 saturated carbocycles. The lowest BCUT2D eigenvalue weighted by atomic mass is 9.98. The highest BCUT2D eigenvalue weighted by Crippen LogP contribution is 2.38. The number of ether oxygens (including phenoxy) is 1. The summed E-state index contributed by atoms with van der Waals surface area (Å²) in [4.78, 5) is 0. The molecule has 0 aromatic heterocycles. The van der Waals surface area contributed by atoms with Gasteiger partial charge in [-0.3, -0.25) is 0 Å². The van der Waals surface area contributed by atoms with Gasteiger partial charge in [0, 0.05) is 12.1 Å². The van der Waals surface area contributed by atoms with Crippen LogP contribution in [0.4, 0.5) is 0 Å². The lowest BCUT2D eigenvalue weighted by Gasteiger charge is -2.18. The summed E-state index contributed by atoms with van der Waals surface area (Å²) in [5, 5.41) is 22.8. The number of phenolic OH excluding ortho intramolecular Hbond substituents is 1. The van der Waals surface area contributed by atoms with Gasteiger partial charge in [0.05, 0.1) is 13.2 Å². The van der Waals surface area contributed by atoms with E-state index in [0.717, 1.165) is 11.1 Å². The number of methoxy groups -OCH3 is 1. The van der Waals surface area contributed by atoms with Gasteiger partial charge in [0.1, 0.15) is 0 Å². The highest BCUT2D eigenvalue weighted by molar-refractivity contribution is 5.55. The maximum absolute atomic E-state index is 10.0. The molecule has 16 heavy (non-hydrogen) atoms. The number of aliphatic hydroxyl groups excluding tert-OH is 1. The number of hydrogen-bond acceptors (Lipinski definition) is 4. The molecule has 0 heterocycles.